The average Bonchev–Trinajstić information content (AvgIpc) is 2.57. The first-order valence-electron chi connectivity index (χ1n) is 5.04. The standard InChI is InChI=1S/C8H15N2O.F6P/c1-2-3-4-9-5-6-10(7-9)8-11;1-7(2,3,4,5)6/h5-7,11H,2-4,8H2,1H3;/q+1;-1. The van der Waals surface area contributed by atoms with Gasteiger partial charge in [-0.3, -0.25) is 0 Å². The van der Waals surface area contributed by atoms with Gasteiger partial charge in [-0.15, -0.1) is 0 Å². The van der Waals surface area contributed by atoms with Crippen molar-refractivity contribution in [2.75, 3.05) is 0 Å². The molecule has 3 nitrogen and oxygen atoms in total. The van der Waals surface area contributed by atoms with Crippen molar-refractivity contribution < 1.29 is 34.9 Å². The van der Waals surface area contributed by atoms with Crippen LogP contribution >= 0.6 is 7.81 Å². The molecule has 1 heterocycles. The Bertz CT molecular complexity index is 361. The van der Waals surface area contributed by atoms with Crippen molar-refractivity contribution in [1.82, 2.24) is 4.57 Å². The molecular formula is C8H15F6N2OP. The number of hydrogen-bond donors (Lipinski definition) is 1. The molecule has 0 amide bonds. The van der Waals surface area contributed by atoms with E-state index in [0.29, 0.717) is 0 Å². The molecule has 1 aromatic heterocycles. The molecule has 18 heavy (non-hydrogen) atoms. The topological polar surface area (TPSA) is 29.0 Å². The van der Waals surface area contributed by atoms with Crippen molar-refractivity contribution >= 4 is 7.81 Å². The molecule has 0 saturated heterocycles. The van der Waals surface area contributed by atoms with E-state index in [4.69, 9.17) is 5.11 Å². The molecule has 10 heteroatoms. The first-order chi connectivity index (χ1) is 7.81. The van der Waals surface area contributed by atoms with Crippen LogP contribution in [0, 0.1) is 0 Å². The van der Waals surface area contributed by atoms with Crippen molar-refractivity contribution in [1.29, 1.82) is 0 Å². The molecule has 0 spiro atoms. The zero-order valence-corrected chi connectivity index (χ0v) is 10.5. The third kappa shape index (κ3) is 15.2. The van der Waals surface area contributed by atoms with Crippen LogP contribution < -0.4 is 4.57 Å². The summed E-state index contributed by atoms with van der Waals surface area (Å²) in [5, 5.41) is 8.73. The van der Waals surface area contributed by atoms with Crippen molar-refractivity contribution in [2.45, 2.75) is 33.0 Å². The van der Waals surface area contributed by atoms with Crippen LogP contribution in [0.5, 0.6) is 0 Å². The molecule has 0 unspecified atom stereocenters. The van der Waals surface area contributed by atoms with Crippen LogP contribution in [0.3, 0.4) is 0 Å². The van der Waals surface area contributed by atoms with E-state index in [9.17, 15) is 25.2 Å². The van der Waals surface area contributed by atoms with Gasteiger partial charge in [0.25, 0.3) is 0 Å². The maximum absolute atomic E-state index is 10.7. The van der Waals surface area contributed by atoms with Gasteiger partial charge in [-0.1, -0.05) is 13.3 Å². The summed E-state index contributed by atoms with van der Waals surface area (Å²) in [6.45, 7) is 3.28. The fraction of sp³-hybridized carbons (Fsp3) is 0.625. The SMILES string of the molecule is CCCCn1cc[n+](CO)c1.F[P-](F)(F)(F)(F)F. The van der Waals surface area contributed by atoms with Gasteiger partial charge < -0.3 is 5.11 Å². The number of unbranched alkanes of at least 4 members (excludes halogenated alkanes) is 1. The molecule has 110 valence electrons. The molecule has 1 N–H and O–H groups in total. The minimum atomic E-state index is -10.7. The van der Waals surface area contributed by atoms with Gasteiger partial charge in [-0.25, -0.2) is 9.13 Å². The summed E-state index contributed by atoms with van der Waals surface area (Å²) in [6.07, 6.45) is 8.16. The molecule has 0 saturated carbocycles. The number of rotatable bonds is 4. The summed E-state index contributed by atoms with van der Waals surface area (Å²) < 4.78 is 63.0. The van der Waals surface area contributed by atoms with Gasteiger partial charge in [0.05, 0.1) is 6.54 Å². The molecular weight excluding hydrogens is 285 g/mol. The van der Waals surface area contributed by atoms with Gasteiger partial charge in [-0.05, 0) is 6.42 Å². The summed E-state index contributed by atoms with van der Waals surface area (Å²) >= 11 is 0. The second kappa shape index (κ2) is 5.05. The fourth-order valence-electron chi connectivity index (χ4n) is 0.995. The van der Waals surface area contributed by atoms with E-state index in [1.54, 1.807) is 4.57 Å². The molecule has 0 radical (unpaired) electrons. The van der Waals surface area contributed by atoms with Crippen LogP contribution in [-0.2, 0) is 13.3 Å². The first-order valence-corrected chi connectivity index (χ1v) is 7.06. The van der Waals surface area contributed by atoms with E-state index < -0.39 is 7.81 Å². The average molecular weight is 300 g/mol. The predicted octanol–water partition coefficient (Wildman–Crippen LogP) is 3.91. The minimum absolute atomic E-state index is 0.0686. The van der Waals surface area contributed by atoms with Crippen LogP contribution in [0.15, 0.2) is 18.7 Å². The molecule has 1 aromatic rings. The third-order valence-corrected chi connectivity index (χ3v) is 1.68. The number of halogens is 6. The van der Waals surface area contributed by atoms with Crippen molar-refractivity contribution in [3.63, 3.8) is 0 Å². The quantitative estimate of drug-likeness (QED) is 0.510. The number of aliphatic hydroxyl groups excluding tert-OH is 1. The van der Waals surface area contributed by atoms with Crippen LogP contribution in [0.4, 0.5) is 25.2 Å². The van der Waals surface area contributed by atoms with E-state index in [1.165, 1.54) is 12.8 Å². The second-order valence-corrected chi connectivity index (χ2v) is 5.54. The number of aliphatic hydroxyl groups is 1. The number of aromatic nitrogens is 2. The molecule has 0 fully saturated rings. The number of hydrogen-bond acceptors (Lipinski definition) is 1. The Labute approximate surface area is 99.9 Å². The number of nitrogens with zero attached hydrogens (tertiary/aromatic N) is 2. The summed E-state index contributed by atoms with van der Waals surface area (Å²) in [6, 6.07) is 0. The van der Waals surface area contributed by atoms with Crippen LogP contribution in [0.25, 0.3) is 0 Å². The zero-order valence-electron chi connectivity index (χ0n) is 9.62. The molecule has 0 aliphatic rings. The second-order valence-electron chi connectivity index (χ2n) is 3.62. The molecule has 0 aromatic carbocycles. The summed E-state index contributed by atoms with van der Waals surface area (Å²) in [5.41, 5.74) is 0. The molecule has 0 atom stereocenters. The van der Waals surface area contributed by atoms with Gasteiger partial charge in [0.1, 0.15) is 12.4 Å². The fourth-order valence-corrected chi connectivity index (χ4v) is 0.995. The number of imidazole rings is 1. The molecule has 0 bridgehead atoms. The molecule has 0 aliphatic carbocycles. The van der Waals surface area contributed by atoms with Crippen molar-refractivity contribution in [3.05, 3.63) is 18.7 Å². The Morgan fingerprint density at radius 2 is 1.67 bits per heavy atom. The zero-order chi connectivity index (χ0) is 14.5. The van der Waals surface area contributed by atoms with Gasteiger partial charge >= 0.3 is 33.0 Å². The van der Waals surface area contributed by atoms with Crippen molar-refractivity contribution in [2.24, 2.45) is 0 Å². The maximum atomic E-state index is 9.87. The van der Waals surface area contributed by atoms with E-state index in [0.717, 1.165) is 6.54 Å². The Hall–Kier alpha value is -0.820. The van der Waals surface area contributed by atoms with Gasteiger partial charge in [0.2, 0.25) is 6.33 Å². The summed E-state index contributed by atoms with van der Waals surface area (Å²) in [7, 11) is -10.7. The Morgan fingerprint density at radius 1 is 1.17 bits per heavy atom. The molecule has 0 aliphatic heterocycles. The molecule has 1 rings (SSSR count). The Balaban J connectivity index is 0.000000360. The summed E-state index contributed by atoms with van der Waals surface area (Å²) in [5.74, 6) is 0. The third-order valence-electron chi connectivity index (χ3n) is 1.68. The van der Waals surface area contributed by atoms with Crippen LogP contribution in [0.1, 0.15) is 19.8 Å². The van der Waals surface area contributed by atoms with Crippen LogP contribution in [0.2, 0.25) is 0 Å². The van der Waals surface area contributed by atoms with E-state index in [-0.39, 0.29) is 6.73 Å². The van der Waals surface area contributed by atoms with Gasteiger partial charge in [0.15, 0.2) is 6.73 Å². The van der Waals surface area contributed by atoms with Gasteiger partial charge in [0, 0.05) is 0 Å². The Morgan fingerprint density at radius 3 is 2.00 bits per heavy atom. The van der Waals surface area contributed by atoms with Gasteiger partial charge in [-0.2, -0.15) is 0 Å². The normalized spacial score (nSPS) is 15.3. The van der Waals surface area contributed by atoms with E-state index in [2.05, 4.69) is 11.5 Å². The Kier molecular flexibility index (Phi) is 4.82. The predicted molar refractivity (Wildman–Crippen MR) is 55.3 cm³/mol. The van der Waals surface area contributed by atoms with Crippen LogP contribution in [-0.4, -0.2) is 9.67 Å². The number of aryl methyl sites for hydroxylation is 1. The first kappa shape index (κ1) is 17.2. The summed E-state index contributed by atoms with van der Waals surface area (Å²) in [4.78, 5) is 0. The van der Waals surface area contributed by atoms with E-state index in [1.807, 2.05) is 18.7 Å². The van der Waals surface area contributed by atoms with Crippen molar-refractivity contribution in [3.8, 4) is 0 Å². The monoisotopic (exact) mass is 300 g/mol. The van der Waals surface area contributed by atoms with E-state index >= 15 is 0 Å².